The van der Waals surface area contributed by atoms with E-state index in [-0.39, 0.29) is 0 Å². The van der Waals surface area contributed by atoms with Gasteiger partial charge in [0, 0.05) is 12.1 Å². The molecule has 0 aromatic carbocycles. The summed E-state index contributed by atoms with van der Waals surface area (Å²) in [5, 5.41) is 3.87. The van der Waals surface area contributed by atoms with Crippen molar-refractivity contribution in [2.45, 2.75) is 65.0 Å². The lowest BCUT2D eigenvalue weighted by atomic mass is 9.78. The average Bonchev–Trinajstić information content (AvgIpc) is 2.82. The molecule has 0 aromatic rings. The molecule has 0 amide bonds. The highest BCUT2D eigenvalue weighted by Gasteiger charge is 2.37. The van der Waals surface area contributed by atoms with Crippen molar-refractivity contribution in [3.63, 3.8) is 0 Å². The van der Waals surface area contributed by atoms with Crippen LogP contribution in [0.5, 0.6) is 0 Å². The molecule has 0 radical (unpaired) electrons. The molecule has 4 atom stereocenters. The average molecular weight is 195 g/mol. The standard InChI is InChI=1S/C13H25N/c1-9(2)11-6-4-5-7-12(11)14-13-8-10(13)3/h9-14H,4-8H2,1-3H3. The van der Waals surface area contributed by atoms with E-state index < -0.39 is 0 Å². The molecule has 82 valence electrons. The smallest absolute Gasteiger partial charge is 0.0100 e. The van der Waals surface area contributed by atoms with E-state index in [2.05, 4.69) is 26.1 Å². The zero-order valence-corrected chi connectivity index (χ0v) is 9.92. The lowest BCUT2D eigenvalue weighted by molar-refractivity contribution is 0.203. The fourth-order valence-corrected chi connectivity index (χ4v) is 2.99. The van der Waals surface area contributed by atoms with E-state index in [1.54, 1.807) is 0 Å². The summed E-state index contributed by atoms with van der Waals surface area (Å²) in [5.41, 5.74) is 0. The predicted octanol–water partition coefficient (Wildman–Crippen LogP) is 3.20. The van der Waals surface area contributed by atoms with Crippen molar-refractivity contribution in [1.82, 2.24) is 5.32 Å². The van der Waals surface area contributed by atoms with Gasteiger partial charge in [0.15, 0.2) is 0 Å². The largest absolute Gasteiger partial charge is 0.311 e. The Bertz CT molecular complexity index is 188. The fraction of sp³-hybridized carbons (Fsp3) is 1.00. The molecule has 0 aromatic heterocycles. The highest BCUT2D eigenvalue weighted by molar-refractivity contribution is 4.94. The molecule has 2 aliphatic rings. The molecule has 0 bridgehead atoms. The summed E-state index contributed by atoms with van der Waals surface area (Å²) in [7, 11) is 0. The van der Waals surface area contributed by atoms with Gasteiger partial charge in [-0.2, -0.15) is 0 Å². The molecule has 1 N–H and O–H groups in total. The summed E-state index contributed by atoms with van der Waals surface area (Å²) in [6, 6.07) is 1.69. The van der Waals surface area contributed by atoms with Gasteiger partial charge in [-0.1, -0.05) is 33.6 Å². The minimum absolute atomic E-state index is 0.832. The quantitative estimate of drug-likeness (QED) is 0.729. The van der Waals surface area contributed by atoms with Crippen molar-refractivity contribution in [2.75, 3.05) is 0 Å². The first-order chi connectivity index (χ1) is 6.68. The Labute approximate surface area is 88.7 Å². The number of nitrogens with one attached hydrogen (secondary N) is 1. The third kappa shape index (κ3) is 2.31. The van der Waals surface area contributed by atoms with Gasteiger partial charge in [0.05, 0.1) is 0 Å². The minimum atomic E-state index is 0.832. The Hall–Kier alpha value is -0.0400. The van der Waals surface area contributed by atoms with Crippen LogP contribution in [0.3, 0.4) is 0 Å². The van der Waals surface area contributed by atoms with Gasteiger partial charge in [-0.3, -0.25) is 0 Å². The minimum Gasteiger partial charge on any atom is -0.311 e. The molecule has 0 heterocycles. The highest BCUT2D eigenvalue weighted by Crippen LogP contribution is 2.35. The lowest BCUT2D eigenvalue weighted by Gasteiger charge is -2.35. The monoisotopic (exact) mass is 195 g/mol. The SMILES string of the molecule is CC(C)C1CCCCC1NC1CC1C. The van der Waals surface area contributed by atoms with Crippen molar-refractivity contribution < 1.29 is 0 Å². The number of hydrogen-bond donors (Lipinski definition) is 1. The first-order valence-corrected chi connectivity index (χ1v) is 6.44. The molecule has 2 aliphatic carbocycles. The van der Waals surface area contributed by atoms with E-state index in [1.165, 1.54) is 32.1 Å². The molecule has 2 rings (SSSR count). The van der Waals surface area contributed by atoms with Crippen LogP contribution in [-0.2, 0) is 0 Å². The molecule has 14 heavy (non-hydrogen) atoms. The first kappa shape index (κ1) is 10.5. The summed E-state index contributed by atoms with van der Waals surface area (Å²) in [5.74, 6) is 2.75. The third-order valence-electron chi connectivity index (χ3n) is 4.21. The Balaban J connectivity index is 1.86. The van der Waals surface area contributed by atoms with Crippen LogP contribution in [0.15, 0.2) is 0 Å². The zero-order chi connectivity index (χ0) is 10.1. The van der Waals surface area contributed by atoms with Gasteiger partial charge in [-0.25, -0.2) is 0 Å². The molecule has 2 saturated carbocycles. The van der Waals surface area contributed by atoms with E-state index >= 15 is 0 Å². The van der Waals surface area contributed by atoms with E-state index in [9.17, 15) is 0 Å². The van der Waals surface area contributed by atoms with Gasteiger partial charge >= 0.3 is 0 Å². The second kappa shape index (κ2) is 4.22. The van der Waals surface area contributed by atoms with Gasteiger partial charge in [-0.15, -0.1) is 0 Å². The summed E-state index contributed by atoms with van der Waals surface area (Å²) >= 11 is 0. The maximum absolute atomic E-state index is 3.87. The fourth-order valence-electron chi connectivity index (χ4n) is 2.99. The van der Waals surface area contributed by atoms with Crippen LogP contribution in [0.25, 0.3) is 0 Å². The van der Waals surface area contributed by atoms with Crippen molar-refractivity contribution in [3.8, 4) is 0 Å². The van der Waals surface area contributed by atoms with Gasteiger partial charge in [0.1, 0.15) is 0 Å². The van der Waals surface area contributed by atoms with Crippen molar-refractivity contribution >= 4 is 0 Å². The molecule has 0 saturated heterocycles. The maximum atomic E-state index is 3.87. The van der Waals surface area contributed by atoms with Gasteiger partial charge in [-0.05, 0) is 37.0 Å². The van der Waals surface area contributed by atoms with Gasteiger partial charge in [0.25, 0.3) is 0 Å². The van der Waals surface area contributed by atoms with Crippen LogP contribution < -0.4 is 5.32 Å². The molecule has 1 nitrogen and oxygen atoms in total. The van der Waals surface area contributed by atoms with E-state index in [0.29, 0.717) is 0 Å². The number of rotatable bonds is 3. The van der Waals surface area contributed by atoms with Crippen LogP contribution in [-0.4, -0.2) is 12.1 Å². The zero-order valence-electron chi connectivity index (χ0n) is 9.92. The van der Waals surface area contributed by atoms with Crippen molar-refractivity contribution in [3.05, 3.63) is 0 Å². The maximum Gasteiger partial charge on any atom is 0.0100 e. The molecule has 2 fully saturated rings. The van der Waals surface area contributed by atoms with E-state index in [1.807, 2.05) is 0 Å². The second-order valence-corrected chi connectivity index (χ2v) is 5.78. The lowest BCUT2D eigenvalue weighted by Crippen LogP contribution is -2.42. The van der Waals surface area contributed by atoms with Crippen LogP contribution in [0.2, 0.25) is 0 Å². The molecular weight excluding hydrogens is 170 g/mol. The van der Waals surface area contributed by atoms with E-state index in [4.69, 9.17) is 0 Å². The Morgan fingerprint density at radius 2 is 1.71 bits per heavy atom. The van der Waals surface area contributed by atoms with Crippen LogP contribution in [0.1, 0.15) is 52.9 Å². The number of hydrogen-bond acceptors (Lipinski definition) is 1. The summed E-state index contributed by atoms with van der Waals surface area (Å²) < 4.78 is 0. The predicted molar refractivity (Wildman–Crippen MR) is 61.3 cm³/mol. The summed E-state index contributed by atoms with van der Waals surface area (Å²) in [4.78, 5) is 0. The highest BCUT2D eigenvalue weighted by atomic mass is 15.0. The van der Waals surface area contributed by atoms with Crippen molar-refractivity contribution in [1.29, 1.82) is 0 Å². The second-order valence-electron chi connectivity index (χ2n) is 5.78. The Morgan fingerprint density at radius 3 is 2.29 bits per heavy atom. The third-order valence-corrected chi connectivity index (χ3v) is 4.21. The van der Waals surface area contributed by atoms with Crippen LogP contribution >= 0.6 is 0 Å². The van der Waals surface area contributed by atoms with Crippen LogP contribution in [0.4, 0.5) is 0 Å². The van der Waals surface area contributed by atoms with Crippen LogP contribution in [0, 0.1) is 17.8 Å². The molecule has 0 spiro atoms. The van der Waals surface area contributed by atoms with Gasteiger partial charge in [0.2, 0.25) is 0 Å². The molecular formula is C13H25N. The first-order valence-electron chi connectivity index (χ1n) is 6.44. The Kier molecular flexibility index (Phi) is 3.16. The normalized spacial score (nSPS) is 42.9. The Morgan fingerprint density at radius 1 is 1.07 bits per heavy atom. The van der Waals surface area contributed by atoms with Crippen molar-refractivity contribution in [2.24, 2.45) is 17.8 Å². The molecule has 4 unspecified atom stereocenters. The summed E-state index contributed by atoms with van der Waals surface area (Å²) in [6.07, 6.45) is 7.20. The molecule has 1 heteroatoms. The summed E-state index contributed by atoms with van der Waals surface area (Å²) in [6.45, 7) is 7.15. The van der Waals surface area contributed by atoms with E-state index in [0.717, 1.165) is 29.8 Å². The van der Waals surface area contributed by atoms with Gasteiger partial charge < -0.3 is 5.32 Å². The molecule has 0 aliphatic heterocycles. The topological polar surface area (TPSA) is 12.0 Å².